The third-order valence-electron chi connectivity index (χ3n) is 6.67. The van der Waals surface area contributed by atoms with Crippen molar-refractivity contribution >= 4 is 23.7 Å². The van der Waals surface area contributed by atoms with Gasteiger partial charge in [-0.15, -0.1) is 0 Å². The van der Waals surface area contributed by atoms with Gasteiger partial charge in [0, 0.05) is 0 Å². The lowest BCUT2D eigenvalue weighted by molar-refractivity contribution is -0.385. The molecule has 0 spiro atoms. The van der Waals surface area contributed by atoms with E-state index in [9.17, 15) is 19.7 Å². The Hall–Kier alpha value is -3.23. The highest BCUT2D eigenvalue weighted by Crippen LogP contribution is 2.65. The zero-order valence-electron chi connectivity index (χ0n) is 14.6. The summed E-state index contributed by atoms with van der Waals surface area (Å²) in [7, 11) is 0. The van der Waals surface area contributed by atoms with Gasteiger partial charge in [0.05, 0.1) is 34.6 Å². The van der Waals surface area contributed by atoms with Crippen molar-refractivity contribution in [2.75, 3.05) is 6.79 Å². The number of carbonyl (C=O) groups is 2. The fourth-order valence-corrected chi connectivity index (χ4v) is 5.38. The maximum atomic E-state index is 12.9. The third kappa shape index (κ3) is 1.93. The molecule has 28 heavy (non-hydrogen) atoms. The molecule has 9 heteroatoms. The molecule has 0 radical (unpaired) electrons. The Balaban J connectivity index is 1.34. The Kier molecular flexibility index (Phi) is 2.92. The molecule has 2 aliphatic heterocycles. The van der Waals surface area contributed by atoms with Crippen molar-refractivity contribution in [3.05, 3.63) is 40.0 Å². The lowest BCUT2D eigenvalue weighted by atomic mass is 9.63. The molecule has 1 saturated heterocycles. The van der Waals surface area contributed by atoms with Gasteiger partial charge in [-0.3, -0.25) is 19.7 Å². The highest BCUT2D eigenvalue weighted by atomic mass is 16.7. The van der Waals surface area contributed by atoms with Crippen LogP contribution in [0.1, 0.15) is 12.0 Å². The first-order valence-corrected chi connectivity index (χ1v) is 9.23. The van der Waals surface area contributed by atoms with Crippen LogP contribution in [0.2, 0.25) is 0 Å². The van der Waals surface area contributed by atoms with Gasteiger partial charge < -0.3 is 9.47 Å². The topological polar surface area (TPSA) is 111 Å². The first-order chi connectivity index (χ1) is 13.5. The summed E-state index contributed by atoms with van der Waals surface area (Å²) < 4.78 is 10.4. The van der Waals surface area contributed by atoms with Gasteiger partial charge in [-0.1, -0.05) is 12.2 Å². The van der Waals surface area contributed by atoms with Crippen molar-refractivity contribution in [1.29, 1.82) is 0 Å². The van der Waals surface area contributed by atoms with Crippen molar-refractivity contribution in [2.24, 2.45) is 40.6 Å². The summed E-state index contributed by atoms with van der Waals surface area (Å²) in [5.74, 6) is 0.558. The second-order valence-corrected chi connectivity index (χ2v) is 7.91. The molecule has 2 bridgehead atoms. The van der Waals surface area contributed by atoms with Crippen LogP contribution < -0.4 is 9.47 Å². The number of ether oxygens (including phenoxy) is 2. The molecular formula is C19H15N3O6. The second kappa shape index (κ2) is 5.18. The molecule has 9 nitrogen and oxygen atoms in total. The number of rotatable bonds is 3. The largest absolute Gasteiger partial charge is 0.454 e. The maximum Gasteiger partial charge on any atom is 0.282 e. The number of allylic oxidation sites excluding steroid dienone is 2. The van der Waals surface area contributed by atoms with Crippen molar-refractivity contribution in [3.63, 3.8) is 0 Å². The minimum atomic E-state index is -0.561. The van der Waals surface area contributed by atoms with E-state index in [0.29, 0.717) is 17.6 Å². The van der Waals surface area contributed by atoms with Gasteiger partial charge in [0.2, 0.25) is 6.79 Å². The zero-order chi connectivity index (χ0) is 19.2. The van der Waals surface area contributed by atoms with Crippen LogP contribution in [0.3, 0.4) is 0 Å². The molecule has 2 saturated carbocycles. The number of nitro benzene ring substituents is 1. The highest BCUT2D eigenvalue weighted by molar-refractivity contribution is 6.06. The van der Waals surface area contributed by atoms with E-state index in [1.165, 1.54) is 18.3 Å². The Labute approximate surface area is 158 Å². The van der Waals surface area contributed by atoms with Crippen LogP contribution in [0.5, 0.6) is 11.5 Å². The monoisotopic (exact) mass is 381 g/mol. The Morgan fingerprint density at radius 2 is 1.68 bits per heavy atom. The van der Waals surface area contributed by atoms with Crippen molar-refractivity contribution in [2.45, 2.75) is 6.42 Å². The number of nitro groups is 1. The van der Waals surface area contributed by atoms with E-state index >= 15 is 0 Å². The smallest absolute Gasteiger partial charge is 0.282 e. The van der Waals surface area contributed by atoms with Crippen LogP contribution in [0.4, 0.5) is 5.69 Å². The van der Waals surface area contributed by atoms with E-state index in [2.05, 4.69) is 17.3 Å². The Morgan fingerprint density at radius 1 is 1.07 bits per heavy atom. The fourth-order valence-electron chi connectivity index (χ4n) is 5.38. The first-order valence-electron chi connectivity index (χ1n) is 9.23. The van der Waals surface area contributed by atoms with Gasteiger partial charge in [0.25, 0.3) is 17.5 Å². The molecule has 6 aliphatic rings. The number of hydrogen-bond acceptors (Lipinski definition) is 7. The maximum absolute atomic E-state index is 12.9. The first kappa shape index (κ1) is 15.8. The van der Waals surface area contributed by atoms with E-state index in [4.69, 9.17) is 9.47 Å². The van der Waals surface area contributed by atoms with Gasteiger partial charge in [0.15, 0.2) is 11.5 Å². The van der Waals surface area contributed by atoms with E-state index in [1.54, 1.807) is 0 Å². The Morgan fingerprint density at radius 3 is 2.29 bits per heavy atom. The highest BCUT2D eigenvalue weighted by Gasteiger charge is 2.67. The summed E-state index contributed by atoms with van der Waals surface area (Å²) in [5.41, 5.74) is -0.0823. The van der Waals surface area contributed by atoms with Crippen LogP contribution in [0.15, 0.2) is 29.4 Å². The number of fused-ring (bicyclic) bond motifs is 1. The van der Waals surface area contributed by atoms with Crippen LogP contribution in [0, 0.1) is 45.6 Å². The Bertz CT molecular complexity index is 981. The third-order valence-corrected chi connectivity index (χ3v) is 6.67. The molecule has 2 amide bonds. The number of nitrogens with zero attached hydrogens (tertiary/aromatic N) is 3. The molecule has 2 heterocycles. The summed E-state index contributed by atoms with van der Waals surface area (Å²) >= 11 is 0. The van der Waals surface area contributed by atoms with Gasteiger partial charge in [-0.25, -0.2) is 0 Å². The average Bonchev–Trinajstić information content (AvgIpc) is 3.33. The minimum Gasteiger partial charge on any atom is -0.454 e. The number of amides is 2. The number of benzene rings is 1. The summed E-state index contributed by atoms with van der Waals surface area (Å²) in [4.78, 5) is 36.6. The van der Waals surface area contributed by atoms with Crippen molar-refractivity contribution < 1.29 is 24.0 Å². The van der Waals surface area contributed by atoms with E-state index in [1.807, 2.05) is 0 Å². The SMILES string of the molecule is O=C1[C@H]2[C@@H]3C=C[C@H]([C@H]4C[C@H]34)[C@@H]2C(=O)N1/N=C\c1cc2c(cc1[N+](=O)[O-])OCO2. The van der Waals surface area contributed by atoms with E-state index in [0.717, 1.165) is 11.4 Å². The fraction of sp³-hybridized carbons (Fsp3) is 0.421. The van der Waals surface area contributed by atoms with Gasteiger partial charge in [-0.2, -0.15) is 10.1 Å². The molecule has 0 unspecified atom stereocenters. The molecule has 7 rings (SSSR count). The van der Waals surface area contributed by atoms with E-state index in [-0.39, 0.29) is 59.3 Å². The van der Waals surface area contributed by atoms with Gasteiger partial charge in [0.1, 0.15) is 0 Å². The lowest BCUT2D eigenvalue weighted by Gasteiger charge is -2.37. The zero-order valence-corrected chi connectivity index (χ0v) is 14.6. The number of hydrogen-bond donors (Lipinski definition) is 0. The van der Waals surface area contributed by atoms with Crippen molar-refractivity contribution in [3.8, 4) is 11.5 Å². The van der Waals surface area contributed by atoms with Crippen LogP contribution >= 0.6 is 0 Å². The average molecular weight is 381 g/mol. The predicted octanol–water partition coefficient (Wildman–Crippen LogP) is 1.71. The summed E-state index contributed by atoms with van der Waals surface area (Å²) in [6, 6.07) is 2.69. The number of carbonyl (C=O) groups excluding carboxylic acids is 2. The summed E-state index contributed by atoms with van der Waals surface area (Å²) in [6.07, 6.45) is 6.44. The standard InChI is InChI=1S/C19H15N3O6/c23-18-16-9-1-2-10(12-4-11(9)12)17(16)19(24)21(18)20-6-8-3-14-15(28-7-27-14)5-13(8)22(25)26/h1-3,5-6,9-12,16-17H,4,7H2/b20-6-/t9-,10-,11-,12-,16+,17+/m1/s1. The lowest BCUT2D eigenvalue weighted by Crippen LogP contribution is -2.40. The van der Waals surface area contributed by atoms with Crippen LogP contribution in [0.25, 0.3) is 0 Å². The quantitative estimate of drug-likeness (QED) is 0.259. The molecule has 0 aromatic heterocycles. The second-order valence-electron chi connectivity index (χ2n) is 7.91. The minimum absolute atomic E-state index is 0.0162. The molecule has 4 aliphatic carbocycles. The van der Waals surface area contributed by atoms with Gasteiger partial charge in [-0.05, 0) is 36.2 Å². The number of imide groups is 1. The normalized spacial score (nSPS) is 36.2. The molecular weight excluding hydrogens is 366 g/mol. The predicted molar refractivity (Wildman–Crippen MR) is 93.4 cm³/mol. The van der Waals surface area contributed by atoms with Crippen molar-refractivity contribution in [1.82, 2.24) is 5.01 Å². The molecule has 142 valence electrons. The molecule has 1 aromatic carbocycles. The molecule has 6 atom stereocenters. The van der Waals surface area contributed by atoms with Crippen LogP contribution in [-0.4, -0.2) is 34.8 Å². The number of hydrazone groups is 1. The van der Waals surface area contributed by atoms with E-state index < -0.39 is 4.92 Å². The summed E-state index contributed by atoms with van der Waals surface area (Å²) in [6.45, 7) is -0.0162. The molecule has 0 N–H and O–H groups in total. The molecule has 3 fully saturated rings. The molecule has 1 aromatic rings. The van der Waals surface area contributed by atoms with Crippen LogP contribution in [-0.2, 0) is 9.59 Å². The van der Waals surface area contributed by atoms with Gasteiger partial charge >= 0.3 is 0 Å². The summed E-state index contributed by atoms with van der Waals surface area (Å²) in [5, 5.41) is 16.3.